The number of carbonyl (C=O) groups is 2. The molecule has 1 unspecified atom stereocenters. The average Bonchev–Trinajstić information content (AvgIpc) is 2.81. The molecule has 0 bridgehead atoms. The van der Waals surface area contributed by atoms with Gasteiger partial charge >= 0.3 is 6.09 Å². The molecule has 1 N–H and O–H groups in total. The lowest BCUT2D eigenvalue weighted by molar-refractivity contribution is -0.126. The van der Waals surface area contributed by atoms with Crippen molar-refractivity contribution in [1.29, 1.82) is 0 Å². The Morgan fingerprint density at radius 1 is 1.06 bits per heavy atom. The van der Waals surface area contributed by atoms with Crippen LogP contribution in [0, 0.1) is 6.92 Å². The summed E-state index contributed by atoms with van der Waals surface area (Å²) in [5, 5.41) is 3.20. The monoisotopic (exact) mass is 432 g/mol. The number of allylic oxidation sites excluding steroid dienone is 2. The van der Waals surface area contributed by atoms with Gasteiger partial charge in [0.25, 0.3) is 0 Å². The summed E-state index contributed by atoms with van der Waals surface area (Å²) in [6.45, 7) is 7.62. The smallest absolute Gasteiger partial charge is 0.410 e. The molecule has 0 spiro atoms. The van der Waals surface area contributed by atoms with Crippen molar-refractivity contribution >= 4 is 12.0 Å². The highest BCUT2D eigenvalue weighted by atomic mass is 16.6. The van der Waals surface area contributed by atoms with E-state index in [2.05, 4.69) is 11.9 Å². The lowest BCUT2D eigenvalue weighted by atomic mass is 9.94. The first-order valence-corrected chi connectivity index (χ1v) is 11.3. The predicted octanol–water partition coefficient (Wildman–Crippen LogP) is 6.08. The van der Waals surface area contributed by atoms with Gasteiger partial charge in [0, 0.05) is 11.7 Å². The minimum Gasteiger partial charge on any atom is -0.410 e. The van der Waals surface area contributed by atoms with Gasteiger partial charge in [0.1, 0.15) is 11.8 Å². The van der Waals surface area contributed by atoms with Crippen molar-refractivity contribution in [2.75, 3.05) is 0 Å². The summed E-state index contributed by atoms with van der Waals surface area (Å²) in [7, 11) is 0. The largest absolute Gasteiger partial charge is 0.420 e. The van der Waals surface area contributed by atoms with E-state index < -0.39 is 12.1 Å². The van der Waals surface area contributed by atoms with E-state index in [1.54, 1.807) is 36.4 Å². The fraction of sp³-hybridized carbons (Fsp3) is 0.333. The van der Waals surface area contributed by atoms with Crippen LogP contribution in [0.5, 0.6) is 5.75 Å². The SMILES string of the molecule is C=CC(=CC)N(C(=O)Oc1ccccc1)C(C(=O)NC1CCCCC1)c1ccccc1C. The Balaban J connectivity index is 2.01. The maximum atomic E-state index is 13.7. The summed E-state index contributed by atoms with van der Waals surface area (Å²) in [4.78, 5) is 28.5. The number of aryl methyl sites for hydroxylation is 1. The molecule has 2 amide bonds. The molecule has 0 heterocycles. The van der Waals surface area contributed by atoms with E-state index in [0.717, 1.165) is 36.8 Å². The standard InChI is InChI=1S/C27H32N2O3/c1-4-22(5-2)29(27(31)32-23-17-10-7-11-18-23)25(24-19-13-12-14-20(24)3)26(30)28-21-15-8-6-9-16-21/h4-5,7,10-14,17-19,21,25H,1,6,8-9,15-16H2,2-3H3,(H,28,30). The first-order valence-electron chi connectivity index (χ1n) is 11.3. The van der Waals surface area contributed by atoms with E-state index in [4.69, 9.17) is 4.74 Å². The van der Waals surface area contributed by atoms with Gasteiger partial charge in [0.05, 0.1) is 0 Å². The first-order chi connectivity index (χ1) is 15.5. The number of hydrogen-bond donors (Lipinski definition) is 1. The molecule has 0 radical (unpaired) electrons. The third-order valence-electron chi connectivity index (χ3n) is 5.87. The number of hydrogen-bond acceptors (Lipinski definition) is 3. The maximum absolute atomic E-state index is 13.7. The van der Waals surface area contributed by atoms with Crippen LogP contribution < -0.4 is 10.1 Å². The van der Waals surface area contributed by atoms with Crippen LogP contribution in [0.2, 0.25) is 0 Å². The molecule has 0 aliphatic heterocycles. The molecule has 1 atom stereocenters. The molecule has 32 heavy (non-hydrogen) atoms. The van der Waals surface area contributed by atoms with Gasteiger partial charge in [0.2, 0.25) is 5.91 Å². The van der Waals surface area contributed by atoms with Crippen LogP contribution in [0.15, 0.2) is 79.0 Å². The first kappa shape index (κ1) is 23.3. The molecule has 1 fully saturated rings. The van der Waals surface area contributed by atoms with E-state index in [0.29, 0.717) is 11.4 Å². The summed E-state index contributed by atoms with van der Waals surface area (Å²) in [6.07, 6.45) is 8.03. The van der Waals surface area contributed by atoms with Gasteiger partial charge in [-0.15, -0.1) is 0 Å². The highest BCUT2D eigenvalue weighted by Crippen LogP contribution is 2.30. The Bertz CT molecular complexity index is 962. The zero-order chi connectivity index (χ0) is 22.9. The normalized spacial score (nSPS) is 15.5. The molecule has 3 rings (SSSR count). The fourth-order valence-corrected chi connectivity index (χ4v) is 4.17. The number of amides is 2. The molecule has 1 aliphatic rings. The molecule has 5 nitrogen and oxygen atoms in total. The minimum atomic E-state index is -0.876. The second kappa shape index (κ2) is 11.3. The third kappa shape index (κ3) is 5.67. The number of nitrogens with one attached hydrogen (secondary N) is 1. The highest BCUT2D eigenvalue weighted by Gasteiger charge is 2.36. The van der Waals surface area contributed by atoms with Crippen molar-refractivity contribution in [1.82, 2.24) is 10.2 Å². The van der Waals surface area contributed by atoms with E-state index in [-0.39, 0.29) is 11.9 Å². The van der Waals surface area contributed by atoms with Gasteiger partial charge in [-0.1, -0.05) is 74.4 Å². The summed E-state index contributed by atoms with van der Waals surface area (Å²) in [5.74, 6) is 0.204. The predicted molar refractivity (Wildman–Crippen MR) is 127 cm³/mol. The van der Waals surface area contributed by atoms with Crippen molar-refractivity contribution in [2.45, 2.75) is 58.0 Å². The Kier molecular flexibility index (Phi) is 8.26. The zero-order valence-electron chi connectivity index (χ0n) is 18.9. The Morgan fingerprint density at radius 2 is 1.72 bits per heavy atom. The number of carbonyl (C=O) groups excluding carboxylic acids is 2. The van der Waals surface area contributed by atoms with Crippen molar-refractivity contribution in [3.63, 3.8) is 0 Å². The van der Waals surface area contributed by atoms with E-state index >= 15 is 0 Å². The van der Waals surface area contributed by atoms with Gasteiger partial charge in [-0.2, -0.15) is 0 Å². The van der Waals surface area contributed by atoms with Crippen molar-refractivity contribution < 1.29 is 14.3 Å². The highest BCUT2D eigenvalue weighted by molar-refractivity contribution is 5.89. The lowest BCUT2D eigenvalue weighted by Crippen LogP contribution is -2.47. The molecule has 1 saturated carbocycles. The number of para-hydroxylation sites is 1. The zero-order valence-corrected chi connectivity index (χ0v) is 18.9. The molecule has 168 valence electrons. The van der Waals surface area contributed by atoms with Gasteiger partial charge in [-0.05, 0) is 56.0 Å². The average molecular weight is 433 g/mol. The minimum absolute atomic E-state index is 0.118. The van der Waals surface area contributed by atoms with Crippen LogP contribution in [0.3, 0.4) is 0 Å². The Hall–Kier alpha value is -3.34. The number of rotatable bonds is 7. The Morgan fingerprint density at radius 3 is 2.34 bits per heavy atom. The number of benzene rings is 2. The number of nitrogens with zero attached hydrogens (tertiary/aromatic N) is 1. The molecule has 2 aromatic rings. The molecule has 1 aliphatic carbocycles. The molecular weight excluding hydrogens is 400 g/mol. The molecule has 5 heteroatoms. The molecule has 0 aromatic heterocycles. The van der Waals surface area contributed by atoms with Crippen LogP contribution in [-0.2, 0) is 4.79 Å². The second-order valence-corrected chi connectivity index (χ2v) is 8.07. The second-order valence-electron chi connectivity index (χ2n) is 8.07. The molecular formula is C27H32N2O3. The van der Waals surface area contributed by atoms with Gasteiger partial charge in [-0.3, -0.25) is 9.69 Å². The van der Waals surface area contributed by atoms with Crippen LogP contribution in [0.25, 0.3) is 0 Å². The molecule has 2 aromatic carbocycles. The topological polar surface area (TPSA) is 58.6 Å². The molecule has 0 saturated heterocycles. The van der Waals surface area contributed by atoms with Crippen molar-refractivity contribution in [3.8, 4) is 5.75 Å². The van der Waals surface area contributed by atoms with E-state index in [1.165, 1.54) is 11.3 Å². The third-order valence-corrected chi connectivity index (χ3v) is 5.87. The summed E-state index contributed by atoms with van der Waals surface area (Å²) < 4.78 is 5.66. The Labute approximate surface area is 190 Å². The summed E-state index contributed by atoms with van der Waals surface area (Å²) in [5.41, 5.74) is 2.19. The van der Waals surface area contributed by atoms with Crippen molar-refractivity contribution in [2.24, 2.45) is 0 Å². The lowest BCUT2D eigenvalue weighted by Gasteiger charge is -2.33. The van der Waals surface area contributed by atoms with Crippen LogP contribution >= 0.6 is 0 Å². The maximum Gasteiger partial charge on any atom is 0.420 e. The summed E-state index contributed by atoms with van der Waals surface area (Å²) in [6, 6.07) is 15.7. The van der Waals surface area contributed by atoms with Crippen LogP contribution in [0.4, 0.5) is 4.79 Å². The van der Waals surface area contributed by atoms with Gasteiger partial charge < -0.3 is 10.1 Å². The number of ether oxygens (including phenoxy) is 1. The van der Waals surface area contributed by atoms with Gasteiger partial charge in [0.15, 0.2) is 0 Å². The van der Waals surface area contributed by atoms with Gasteiger partial charge in [-0.25, -0.2) is 4.79 Å². The van der Waals surface area contributed by atoms with E-state index in [9.17, 15) is 9.59 Å². The summed E-state index contributed by atoms with van der Waals surface area (Å²) >= 11 is 0. The fourth-order valence-electron chi connectivity index (χ4n) is 4.17. The van der Waals surface area contributed by atoms with E-state index in [1.807, 2.05) is 44.2 Å². The van der Waals surface area contributed by atoms with Crippen molar-refractivity contribution in [3.05, 3.63) is 90.2 Å². The van der Waals surface area contributed by atoms with Crippen LogP contribution in [0.1, 0.15) is 56.2 Å². The quantitative estimate of drug-likeness (QED) is 0.540. The van der Waals surface area contributed by atoms with Crippen LogP contribution in [-0.4, -0.2) is 22.9 Å².